The molecule has 0 radical (unpaired) electrons. The third-order valence-corrected chi connectivity index (χ3v) is 9.15. The first-order valence-electron chi connectivity index (χ1n) is 14.9. The molecule has 9 nitrogen and oxygen atoms in total. The van der Waals surface area contributed by atoms with Crippen LogP contribution in [0.1, 0.15) is 43.2 Å². The maximum Gasteiger partial charge on any atom is 0.244 e. The highest BCUT2D eigenvalue weighted by molar-refractivity contribution is 7.92. The Bertz CT molecular complexity index is 1560. The summed E-state index contributed by atoms with van der Waals surface area (Å²) >= 11 is 0. The zero-order valence-electron chi connectivity index (χ0n) is 24.8. The largest absolute Gasteiger partial charge is 0.486 e. The molecule has 1 saturated carbocycles. The number of benzene rings is 3. The molecule has 1 atom stereocenters. The van der Waals surface area contributed by atoms with E-state index in [4.69, 9.17) is 9.47 Å². The van der Waals surface area contributed by atoms with Crippen LogP contribution in [0, 0.1) is 5.82 Å². The van der Waals surface area contributed by atoms with E-state index in [2.05, 4.69) is 5.32 Å². The summed E-state index contributed by atoms with van der Waals surface area (Å²) in [7, 11) is -3.97. The Morgan fingerprint density at radius 2 is 1.61 bits per heavy atom. The zero-order chi connectivity index (χ0) is 31.1. The molecule has 1 N–H and O–H groups in total. The van der Waals surface area contributed by atoms with Gasteiger partial charge in [-0.1, -0.05) is 67.8 Å². The van der Waals surface area contributed by atoms with Crippen LogP contribution in [0.3, 0.4) is 0 Å². The number of sulfonamides is 1. The maximum absolute atomic E-state index is 15.0. The van der Waals surface area contributed by atoms with E-state index in [9.17, 15) is 22.4 Å². The molecule has 1 aliphatic carbocycles. The van der Waals surface area contributed by atoms with E-state index in [1.807, 2.05) is 30.3 Å². The number of halogens is 1. The van der Waals surface area contributed by atoms with Crippen molar-refractivity contribution in [2.24, 2.45) is 0 Å². The molecule has 3 aromatic carbocycles. The van der Waals surface area contributed by atoms with Crippen LogP contribution in [0.2, 0.25) is 0 Å². The number of fused-ring (bicyclic) bond motifs is 1. The molecule has 1 heterocycles. The summed E-state index contributed by atoms with van der Waals surface area (Å²) in [6, 6.07) is 19.0. The van der Waals surface area contributed by atoms with Crippen LogP contribution < -0.4 is 19.1 Å². The molecule has 0 aromatic heterocycles. The molecule has 0 unspecified atom stereocenters. The van der Waals surface area contributed by atoms with Gasteiger partial charge in [0.2, 0.25) is 21.8 Å². The Kier molecular flexibility index (Phi) is 10.0. The molecule has 5 rings (SSSR count). The van der Waals surface area contributed by atoms with Crippen LogP contribution in [0.5, 0.6) is 11.5 Å². The lowest BCUT2D eigenvalue weighted by atomic mass is 9.94. The highest BCUT2D eigenvalue weighted by Crippen LogP contribution is 2.35. The molecule has 44 heavy (non-hydrogen) atoms. The van der Waals surface area contributed by atoms with Crippen molar-refractivity contribution in [2.45, 2.75) is 57.2 Å². The van der Waals surface area contributed by atoms with Gasteiger partial charge in [0.15, 0.2) is 11.5 Å². The predicted octanol–water partition coefficient (Wildman–Crippen LogP) is 4.45. The lowest BCUT2D eigenvalue weighted by Crippen LogP contribution is -2.55. The van der Waals surface area contributed by atoms with Gasteiger partial charge in [-0.25, -0.2) is 12.8 Å². The number of carbonyl (C=O) groups excluding carboxylic acids is 2. The number of nitrogens with zero attached hydrogens (tertiary/aromatic N) is 2. The molecule has 2 aliphatic rings. The Labute approximate surface area is 258 Å². The normalized spacial score (nSPS) is 15.7. The summed E-state index contributed by atoms with van der Waals surface area (Å²) in [6.07, 6.45) is 5.99. The van der Waals surface area contributed by atoms with E-state index < -0.39 is 34.3 Å². The van der Waals surface area contributed by atoms with Gasteiger partial charge >= 0.3 is 0 Å². The van der Waals surface area contributed by atoms with Crippen LogP contribution in [0.15, 0.2) is 72.8 Å². The summed E-state index contributed by atoms with van der Waals surface area (Å²) in [4.78, 5) is 29.6. The first-order valence-corrected chi connectivity index (χ1v) is 16.8. The van der Waals surface area contributed by atoms with Crippen LogP contribution in [-0.2, 0) is 32.6 Å². The first kappa shape index (κ1) is 31.3. The summed E-state index contributed by atoms with van der Waals surface area (Å²) in [5.74, 6) is -0.678. The molecule has 1 fully saturated rings. The number of ether oxygens (including phenoxy) is 2. The van der Waals surface area contributed by atoms with Crippen LogP contribution >= 0.6 is 0 Å². The average Bonchev–Trinajstić information content (AvgIpc) is 3.02. The van der Waals surface area contributed by atoms with Crippen molar-refractivity contribution in [2.75, 3.05) is 30.3 Å². The van der Waals surface area contributed by atoms with E-state index in [1.54, 1.807) is 30.3 Å². The fourth-order valence-electron chi connectivity index (χ4n) is 5.71. The Hall–Kier alpha value is -4.12. The molecular formula is C33H38FN3O6S. The highest BCUT2D eigenvalue weighted by Gasteiger charge is 2.34. The van der Waals surface area contributed by atoms with Crippen molar-refractivity contribution >= 4 is 27.5 Å². The van der Waals surface area contributed by atoms with Gasteiger partial charge in [-0.05, 0) is 36.6 Å². The third-order valence-electron chi connectivity index (χ3n) is 8.01. The van der Waals surface area contributed by atoms with Gasteiger partial charge in [-0.3, -0.25) is 13.9 Å². The minimum Gasteiger partial charge on any atom is -0.486 e. The Morgan fingerprint density at radius 3 is 2.32 bits per heavy atom. The number of rotatable bonds is 11. The fourth-order valence-corrected chi connectivity index (χ4v) is 6.55. The Balaban J connectivity index is 1.51. The van der Waals surface area contributed by atoms with Gasteiger partial charge in [0, 0.05) is 30.6 Å². The average molecular weight is 624 g/mol. The number of nitrogens with one attached hydrogen (secondary N) is 1. The second-order valence-electron chi connectivity index (χ2n) is 11.3. The van der Waals surface area contributed by atoms with Crippen LogP contribution in [-0.4, -0.2) is 63.2 Å². The van der Waals surface area contributed by atoms with Gasteiger partial charge < -0.3 is 19.7 Å². The highest BCUT2D eigenvalue weighted by atomic mass is 32.2. The number of amides is 2. The van der Waals surface area contributed by atoms with Crippen LogP contribution in [0.4, 0.5) is 10.1 Å². The van der Waals surface area contributed by atoms with Crippen molar-refractivity contribution in [3.8, 4) is 11.5 Å². The predicted molar refractivity (Wildman–Crippen MR) is 166 cm³/mol. The van der Waals surface area contributed by atoms with E-state index >= 15 is 0 Å². The van der Waals surface area contributed by atoms with E-state index in [1.165, 1.54) is 17.0 Å². The van der Waals surface area contributed by atoms with Gasteiger partial charge in [0.25, 0.3) is 0 Å². The molecule has 0 bridgehead atoms. The van der Waals surface area contributed by atoms with E-state index in [0.29, 0.717) is 24.7 Å². The number of anilines is 1. The quantitative estimate of drug-likeness (QED) is 0.339. The lowest BCUT2D eigenvalue weighted by Gasteiger charge is -2.35. The SMILES string of the molecule is CS(=O)(=O)N(CC(=O)N(Cc1ccccc1F)[C@@H](Cc1ccccc1)C(=O)NC1CCCCC1)c1ccc2c(c1)OCCO2. The Morgan fingerprint density at radius 1 is 0.932 bits per heavy atom. The fraction of sp³-hybridized carbons (Fsp3) is 0.394. The molecule has 2 amide bonds. The van der Waals surface area contributed by atoms with Crippen molar-refractivity contribution < 1.29 is 31.9 Å². The van der Waals surface area contributed by atoms with Crippen molar-refractivity contribution in [3.63, 3.8) is 0 Å². The van der Waals surface area contributed by atoms with Crippen molar-refractivity contribution in [3.05, 3.63) is 89.7 Å². The van der Waals surface area contributed by atoms with Gasteiger partial charge in [-0.15, -0.1) is 0 Å². The molecule has 11 heteroatoms. The monoisotopic (exact) mass is 623 g/mol. The number of carbonyl (C=O) groups is 2. The van der Waals surface area contributed by atoms with Crippen molar-refractivity contribution in [1.82, 2.24) is 10.2 Å². The molecule has 1 aliphatic heterocycles. The first-order chi connectivity index (χ1) is 21.2. The summed E-state index contributed by atoms with van der Waals surface area (Å²) in [6.45, 7) is -0.145. The molecule has 0 saturated heterocycles. The third kappa shape index (κ3) is 7.88. The van der Waals surface area contributed by atoms with Crippen LogP contribution in [0.25, 0.3) is 0 Å². The summed E-state index contributed by atoms with van der Waals surface area (Å²) < 4.78 is 53.3. The molecule has 3 aromatic rings. The summed E-state index contributed by atoms with van der Waals surface area (Å²) in [5, 5.41) is 3.14. The second-order valence-corrected chi connectivity index (χ2v) is 13.2. The number of hydrogen-bond donors (Lipinski definition) is 1. The maximum atomic E-state index is 15.0. The summed E-state index contributed by atoms with van der Waals surface area (Å²) in [5.41, 5.74) is 1.24. The zero-order valence-corrected chi connectivity index (χ0v) is 25.6. The lowest BCUT2D eigenvalue weighted by molar-refractivity contribution is -0.140. The van der Waals surface area contributed by atoms with E-state index in [0.717, 1.165) is 48.2 Å². The smallest absolute Gasteiger partial charge is 0.244 e. The topological polar surface area (TPSA) is 105 Å². The van der Waals surface area contributed by atoms with Gasteiger partial charge in [-0.2, -0.15) is 0 Å². The van der Waals surface area contributed by atoms with E-state index in [-0.39, 0.29) is 36.2 Å². The van der Waals surface area contributed by atoms with Gasteiger partial charge in [0.1, 0.15) is 31.6 Å². The van der Waals surface area contributed by atoms with Gasteiger partial charge in [0.05, 0.1) is 11.9 Å². The van der Waals surface area contributed by atoms with Crippen molar-refractivity contribution in [1.29, 1.82) is 0 Å². The minimum absolute atomic E-state index is 0.0230. The minimum atomic E-state index is -3.97. The molecule has 0 spiro atoms. The number of hydrogen-bond acceptors (Lipinski definition) is 6. The molecular weight excluding hydrogens is 585 g/mol. The standard InChI is InChI=1S/C33H38FN3O6S/c1-44(40,41)37(27-16-17-30-31(21-27)43-19-18-42-30)23-32(38)36(22-25-12-8-9-15-28(25)34)29(20-24-10-4-2-5-11-24)33(39)35-26-13-6-3-7-14-26/h2,4-5,8-12,15-17,21,26,29H,3,6-7,13-14,18-20,22-23H2,1H3,(H,35,39)/t29-/m0/s1. The molecule has 234 valence electrons. The second kappa shape index (κ2) is 14.1.